The molecule has 0 bridgehead atoms. The molecule has 1 aromatic carbocycles. The predicted molar refractivity (Wildman–Crippen MR) is 93.2 cm³/mol. The molecule has 11 heteroatoms. The zero-order chi connectivity index (χ0) is 22.3. The number of carbonyl (C=O) groups is 2. The summed E-state index contributed by atoms with van der Waals surface area (Å²) in [5.41, 5.74) is -2.65. The number of alkyl halides is 6. The summed E-state index contributed by atoms with van der Waals surface area (Å²) in [5, 5.41) is 2.06. The molecule has 1 aliphatic rings. The minimum atomic E-state index is -4.78. The van der Waals surface area contributed by atoms with Crippen molar-refractivity contribution in [1.29, 1.82) is 0 Å². The van der Waals surface area contributed by atoms with Crippen molar-refractivity contribution in [2.24, 2.45) is 5.92 Å². The summed E-state index contributed by atoms with van der Waals surface area (Å²) in [5.74, 6) is -4.20. The number of benzene rings is 1. The number of nitrogens with zero attached hydrogens (tertiary/aromatic N) is 2. The number of carbonyl (C=O) groups excluding carboxylic acids is 2. The van der Waals surface area contributed by atoms with Gasteiger partial charge in [-0.3, -0.25) is 14.6 Å². The maximum Gasteiger partial charge on any atom is 0.418 e. The molecule has 0 aliphatic carbocycles. The van der Waals surface area contributed by atoms with Gasteiger partial charge in [-0.2, -0.15) is 26.3 Å². The van der Waals surface area contributed by atoms with E-state index in [1.165, 1.54) is 13.1 Å². The Morgan fingerprint density at radius 2 is 1.83 bits per heavy atom. The van der Waals surface area contributed by atoms with Gasteiger partial charge in [0.05, 0.1) is 23.0 Å². The lowest BCUT2D eigenvalue weighted by Gasteiger charge is -2.19. The number of nitrogens with one attached hydrogen (secondary N) is 1. The van der Waals surface area contributed by atoms with Crippen LogP contribution in [0.3, 0.4) is 0 Å². The molecule has 5 nitrogen and oxygen atoms in total. The molecule has 1 N–H and O–H groups in total. The van der Waals surface area contributed by atoms with Crippen molar-refractivity contribution in [1.82, 2.24) is 9.88 Å². The van der Waals surface area contributed by atoms with Crippen molar-refractivity contribution in [3.8, 4) is 0 Å². The monoisotopic (exact) mass is 431 g/mol. The summed E-state index contributed by atoms with van der Waals surface area (Å²) < 4.78 is 78.6. The first-order chi connectivity index (χ1) is 13.9. The van der Waals surface area contributed by atoms with Crippen molar-refractivity contribution >= 4 is 17.5 Å². The highest BCUT2D eigenvalue weighted by Gasteiger charge is 2.45. The molecule has 2 amide bonds. The van der Waals surface area contributed by atoms with Gasteiger partial charge in [-0.15, -0.1) is 0 Å². The summed E-state index contributed by atoms with van der Waals surface area (Å²) in [4.78, 5) is 29.9. The third-order valence-corrected chi connectivity index (χ3v) is 4.82. The molecule has 3 rings (SSSR count). The van der Waals surface area contributed by atoms with E-state index in [0.29, 0.717) is 6.07 Å². The molecular formula is C19H15F6N3O2. The molecule has 2 aromatic rings. The quantitative estimate of drug-likeness (QED) is 0.592. The molecule has 0 unspecified atom stereocenters. The van der Waals surface area contributed by atoms with Crippen LogP contribution in [-0.2, 0) is 21.9 Å². The van der Waals surface area contributed by atoms with Crippen LogP contribution in [-0.4, -0.2) is 35.3 Å². The summed E-state index contributed by atoms with van der Waals surface area (Å²) in [6.07, 6.45) is -7.70. The Balaban J connectivity index is 1.94. The van der Waals surface area contributed by atoms with Crippen LogP contribution < -0.4 is 5.32 Å². The van der Waals surface area contributed by atoms with Crippen LogP contribution in [0, 0.1) is 5.92 Å². The van der Waals surface area contributed by atoms with Gasteiger partial charge < -0.3 is 10.2 Å². The van der Waals surface area contributed by atoms with Gasteiger partial charge in [-0.25, -0.2) is 0 Å². The first-order valence-corrected chi connectivity index (χ1v) is 8.64. The number of hydrogen-bond donors (Lipinski definition) is 1. The van der Waals surface area contributed by atoms with Crippen LogP contribution in [0.1, 0.15) is 22.6 Å². The van der Waals surface area contributed by atoms with E-state index in [0.717, 1.165) is 35.5 Å². The number of anilines is 1. The second-order valence-corrected chi connectivity index (χ2v) is 6.83. The lowest BCUT2D eigenvalue weighted by molar-refractivity contribution is -0.138. The third kappa shape index (κ3) is 4.24. The van der Waals surface area contributed by atoms with Crippen LogP contribution in [0.15, 0.2) is 42.7 Å². The van der Waals surface area contributed by atoms with E-state index in [-0.39, 0.29) is 12.1 Å². The van der Waals surface area contributed by atoms with Crippen LogP contribution >= 0.6 is 0 Å². The van der Waals surface area contributed by atoms with E-state index >= 15 is 0 Å². The van der Waals surface area contributed by atoms with Crippen molar-refractivity contribution in [2.75, 3.05) is 18.9 Å². The molecule has 2 heterocycles. The number of hydrogen-bond acceptors (Lipinski definition) is 3. The molecule has 160 valence electrons. The number of aromatic nitrogens is 1. The van der Waals surface area contributed by atoms with Gasteiger partial charge in [0, 0.05) is 25.7 Å². The fourth-order valence-electron chi connectivity index (χ4n) is 3.39. The zero-order valence-electron chi connectivity index (χ0n) is 15.4. The van der Waals surface area contributed by atoms with Crippen LogP contribution in [0.4, 0.5) is 32.0 Å². The summed E-state index contributed by atoms with van der Waals surface area (Å²) in [6, 6.07) is 4.85. The largest absolute Gasteiger partial charge is 0.418 e. The fourth-order valence-corrected chi connectivity index (χ4v) is 3.39. The Kier molecular flexibility index (Phi) is 5.48. The number of pyridine rings is 1. The minimum absolute atomic E-state index is 0.0581. The Morgan fingerprint density at radius 3 is 2.47 bits per heavy atom. The van der Waals surface area contributed by atoms with Gasteiger partial charge in [-0.05, 0) is 17.7 Å². The molecule has 1 aliphatic heterocycles. The van der Waals surface area contributed by atoms with Crippen molar-refractivity contribution in [3.63, 3.8) is 0 Å². The lowest BCUT2D eigenvalue weighted by atomic mass is 9.87. The average Bonchev–Trinajstić information content (AvgIpc) is 2.96. The number of amides is 2. The Labute approximate surface area is 166 Å². The van der Waals surface area contributed by atoms with Crippen LogP contribution in [0.2, 0.25) is 0 Å². The van der Waals surface area contributed by atoms with Crippen molar-refractivity contribution in [3.05, 3.63) is 59.4 Å². The normalized spacial score (nSPS) is 19.8. The van der Waals surface area contributed by atoms with E-state index < -0.39 is 52.8 Å². The highest BCUT2D eigenvalue weighted by Crippen LogP contribution is 2.38. The Hall–Kier alpha value is -3.11. The summed E-state index contributed by atoms with van der Waals surface area (Å²) in [7, 11) is 1.36. The standard InChI is InChI=1S/C19H15F6N3O2/c1-28-9-12(10-3-2-4-11(7-10)18(20,21)22)15(17(28)30)16(29)27-14-8-26-6-5-13(14)19(23,24)25/h2-8,12,15H,9H2,1H3,(H,27,29)/t12-,15+/m1/s1. The van der Waals surface area contributed by atoms with E-state index in [9.17, 15) is 35.9 Å². The second kappa shape index (κ2) is 7.62. The van der Waals surface area contributed by atoms with Crippen LogP contribution in [0.25, 0.3) is 0 Å². The average molecular weight is 431 g/mol. The number of likely N-dealkylation sites (tertiary alicyclic amines) is 1. The van der Waals surface area contributed by atoms with Crippen LogP contribution in [0.5, 0.6) is 0 Å². The minimum Gasteiger partial charge on any atom is -0.344 e. The molecule has 0 spiro atoms. The summed E-state index contributed by atoms with van der Waals surface area (Å²) in [6.45, 7) is -0.0581. The van der Waals surface area contributed by atoms with E-state index in [2.05, 4.69) is 10.3 Å². The first kappa shape index (κ1) is 21.6. The predicted octanol–water partition coefficient (Wildman–Crippen LogP) is 3.93. The molecule has 1 saturated heterocycles. The Bertz CT molecular complexity index is 973. The molecular weight excluding hydrogens is 416 g/mol. The highest BCUT2D eigenvalue weighted by molar-refractivity contribution is 6.08. The molecule has 2 atom stereocenters. The van der Waals surface area contributed by atoms with Gasteiger partial charge in [-0.1, -0.05) is 18.2 Å². The molecule has 0 radical (unpaired) electrons. The summed E-state index contributed by atoms with van der Waals surface area (Å²) >= 11 is 0. The van der Waals surface area contributed by atoms with Crippen molar-refractivity contribution in [2.45, 2.75) is 18.3 Å². The van der Waals surface area contributed by atoms with Gasteiger partial charge in [0.2, 0.25) is 11.8 Å². The van der Waals surface area contributed by atoms with Gasteiger partial charge in [0.1, 0.15) is 5.92 Å². The highest BCUT2D eigenvalue weighted by atomic mass is 19.4. The molecule has 0 saturated carbocycles. The number of halogens is 6. The second-order valence-electron chi connectivity index (χ2n) is 6.83. The SMILES string of the molecule is CN1C[C@H](c2cccc(C(F)(F)F)c2)[C@@H](C(=O)Nc2cnccc2C(F)(F)F)C1=O. The smallest absolute Gasteiger partial charge is 0.344 e. The maximum atomic E-state index is 13.2. The molecule has 1 aromatic heterocycles. The lowest BCUT2D eigenvalue weighted by Crippen LogP contribution is -2.33. The molecule has 1 fully saturated rings. The van der Waals surface area contributed by atoms with Gasteiger partial charge in [0.15, 0.2) is 0 Å². The third-order valence-electron chi connectivity index (χ3n) is 4.82. The van der Waals surface area contributed by atoms with E-state index in [1.54, 1.807) is 0 Å². The van der Waals surface area contributed by atoms with Crippen molar-refractivity contribution < 1.29 is 35.9 Å². The fraction of sp³-hybridized carbons (Fsp3) is 0.316. The number of rotatable bonds is 3. The zero-order valence-corrected chi connectivity index (χ0v) is 15.4. The van der Waals surface area contributed by atoms with E-state index in [1.807, 2.05) is 0 Å². The maximum absolute atomic E-state index is 13.2. The van der Waals surface area contributed by atoms with Gasteiger partial charge >= 0.3 is 12.4 Å². The molecule has 30 heavy (non-hydrogen) atoms. The topological polar surface area (TPSA) is 62.3 Å². The Morgan fingerprint density at radius 1 is 1.13 bits per heavy atom. The van der Waals surface area contributed by atoms with Gasteiger partial charge in [0.25, 0.3) is 0 Å². The first-order valence-electron chi connectivity index (χ1n) is 8.64. The number of likely N-dealkylation sites (N-methyl/N-ethyl adjacent to an activating group) is 1. The van der Waals surface area contributed by atoms with E-state index in [4.69, 9.17) is 0 Å².